The van der Waals surface area contributed by atoms with Gasteiger partial charge in [0.2, 0.25) is 5.91 Å². The van der Waals surface area contributed by atoms with Crippen LogP contribution >= 0.6 is 0 Å². The highest BCUT2D eigenvalue weighted by atomic mass is 19.1. The van der Waals surface area contributed by atoms with E-state index in [2.05, 4.69) is 20.8 Å². The third-order valence-electron chi connectivity index (χ3n) is 4.99. The quantitative estimate of drug-likeness (QED) is 0.414. The molecular formula is C23H23F3N4O3. The Morgan fingerprint density at radius 2 is 1.70 bits per heavy atom. The number of halogens is 3. The Morgan fingerprint density at radius 1 is 1.00 bits per heavy atom. The molecule has 0 aliphatic heterocycles. The Morgan fingerprint density at radius 3 is 2.36 bits per heavy atom. The zero-order chi connectivity index (χ0) is 24.1. The molecule has 0 saturated carbocycles. The molecule has 0 aliphatic carbocycles. The lowest BCUT2D eigenvalue weighted by molar-refractivity contribution is -0.132. The maximum Gasteiger partial charge on any atom is 0.254 e. The minimum Gasteiger partial charge on any atom is -0.378 e. The summed E-state index contributed by atoms with van der Waals surface area (Å²) in [5, 5.41) is 21.7. The van der Waals surface area contributed by atoms with Crippen LogP contribution in [0, 0.1) is 17.5 Å². The summed E-state index contributed by atoms with van der Waals surface area (Å²) in [6.45, 7) is 3.29. The van der Waals surface area contributed by atoms with Gasteiger partial charge >= 0.3 is 0 Å². The monoisotopic (exact) mass is 460 g/mol. The van der Waals surface area contributed by atoms with Gasteiger partial charge in [-0.25, -0.2) is 13.2 Å². The van der Waals surface area contributed by atoms with Crippen molar-refractivity contribution in [2.24, 2.45) is 0 Å². The minimum atomic E-state index is -1.85. The van der Waals surface area contributed by atoms with Crippen LogP contribution in [0.4, 0.5) is 19.0 Å². The zero-order valence-electron chi connectivity index (χ0n) is 17.9. The van der Waals surface area contributed by atoms with Crippen LogP contribution in [0.3, 0.4) is 0 Å². The second kappa shape index (κ2) is 10.3. The molecule has 0 fully saturated rings. The average Bonchev–Trinajstić information content (AvgIpc) is 3.21. The van der Waals surface area contributed by atoms with Gasteiger partial charge in [-0.1, -0.05) is 19.1 Å². The van der Waals surface area contributed by atoms with Crippen LogP contribution in [-0.4, -0.2) is 33.2 Å². The fourth-order valence-corrected chi connectivity index (χ4v) is 3.26. The summed E-state index contributed by atoms with van der Waals surface area (Å²) in [5.41, 5.74) is 1.18. The van der Waals surface area contributed by atoms with Crippen molar-refractivity contribution in [1.82, 2.24) is 15.5 Å². The van der Waals surface area contributed by atoms with E-state index < -0.39 is 35.6 Å². The topological polar surface area (TPSA) is 107 Å². The van der Waals surface area contributed by atoms with Gasteiger partial charge in [0.15, 0.2) is 6.10 Å². The van der Waals surface area contributed by atoms with Crippen molar-refractivity contribution in [2.45, 2.75) is 38.3 Å². The molecule has 3 unspecified atom stereocenters. The van der Waals surface area contributed by atoms with Gasteiger partial charge in [0.25, 0.3) is 5.91 Å². The Balaban J connectivity index is 1.56. The second-order valence-corrected chi connectivity index (χ2v) is 7.77. The number of aliphatic hydroxyl groups excluding tert-OH is 1. The number of nitrogens with one attached hydrogen (secondary N) is 3. The van der Waals surface area contributed by atoms with Gasteiger partial charge in [0, 0.05) is 18.1 Å². The molecule has 4 N–H and O–H groups in total. The third kappa shape index (κ3) is 6.42. The summed E-state index contributed by atoms with van der Waals surface area (Å²) in [6.07, 6.45) is -1.31. The predicted molar refractivity (Wildman–Crippen MR) is 115 cm³/mol. The number of carbonyl (C=O) groups excluding carboxylic acids is 2. The Labute approximate surface area is 188 Å². The number of hydrogen-bond acceptors (Lipinski definition) is 4. The summed E-state index contributed by atoms with van der Waals surface area (Å²) >= 11 is 0. The molecule has 3 rings (SSSR count). The molecule has 33 heavy (non-hydrogen) atoms. The number of rotatable bonds is 8. The number of benzene rings is 2. The van der Waals surface area contributed by atoms with Crippen LogP contribution in [0.2, 0.25) is 0 Å². The zero-order valence-corrected chi connectivity index (χ0v) is 17.9. The van der Waals surface area contributed by atoms with E-state index in [0.717, 1.165) is 17.7 Å². The number of aliphatic hydroxyl groups is 1. The summed E-state index contributed by atoms with van der Waals surface area (Å²) in [6, 6.07) is 9.08. The molecule has 0 saturated heterocycles. The van der Waals surface area contributed by atoms with E-state index in [-0.39, 0.29) is 23.1 Å². The lowest BCUT2D eigenvalue weighted by Crippen LogP contribution is -2.43. The Kier molecular flexibility index (Phi) is 7.49. The largest absolute Gasteiger partial charge is 0.378 e. The summed E-state index contributed by atoms with van der Waals surface area (Å²) in [5.74, 6) is -3.57. The van der Waals surface area contributed by atoms with E-state index in [1.807, 2.05) is 13.0 Å². The molecule has 174 valence electrons. The summed E-state index contributed by atoms with van der Waals surface area (Å²) < 4.78 is 40.0. The lowest BCUT2D eigenvalue weighted by Gasteiger charge is -2.16. The number of H-pyrrole nitrogens is 1. The molecule has 10 heteroatoms. The van der Waals surface area contributed by atoms with Crippen molar-refractivity contribution in [2.75, 3.05) is 5.32 Å². The highest BCUT2D eigenvalue weighted by molar-refractivity contribution is 5.97. The van der Waals surface area contributed by atoms with Gasteiger partial charge in [-0.3, -0.25) is 14.7 Å². The fourth-order valence-electron chi connectivity index (χ4n) is 3.26. The molecule has 0 aliphatic rings. The highest BCUT2D eigenvalue weighted by Gasteiger charge is 2.24. The SMILES string of the molecule is CC(NC(=O)C(O)c1cc(F)cc(F)c1)C(=O)Nc1cc(C(C)Cc2cccc(F)c2)n[nH]1. The van der Waals surface area contributed by atoms with E-state index in [4.69, 9.17) is 0 Å². The predicted octanol–water partition coefficient (Wildman–Crippen LogP) is 3.35. The van der Waals surface area contributed by atoms with Crippen LogP contribution in [0.1, 0.15) is 42.7 Å². The highest BCUT2D eigenvalue weighted by Crippen LogP contribution is 2.21. The molecule has 1 heterocycles. The number of carbonyl (C=O) groups is 2. The van der Waals surface area contributed by atoms with E-state index in [9.17, 15) is 27.9 Å². The molecule has 3 aromatic rings. The van der Waals surface area contributed by atoms with Gasteiger partial charge in [-0.2, -0.15) is 5.10 Å². The number of aromatic amines is 1. The van der Waals surface area contributed by atoms with E-state index in [1.54, 1.807) is 12.1 Å². The first-order chi connectivity index (χ1) is 15.6. The average molecular weight is 460 g/mol. The van der Waals surface area contributed by atoms with Crippen molar-refractivity contribution < 1.29 is 27.9 Å². The van der Waals surface area contributed by atoms with Gasteiger partial charge < -0.3 is 15.7 Å². The van der Waals surface area contributed by atoms with Gasteiger partial charge in [-0.05, 0) is 48.7 Å². The normalized spacial score (nSPS) is 13.8. The fraction of sp³-hybridized carbons (Fsp3) is 0.261. The van der Waals surface area contributed by atoms with Crippen LogP contribution in [0.15, 0.2) is 48.5 Å². The van der Waals surface area contributed by atoms with Gasteiger partial charge in [-0.15, -0.1) is 0 Å². The van der Waals surface area contributed by atoms with E-state index >= 15 is 0 Å². The molecule has 2 aromatic carbocycles. The van der Waals surface area contributed by atoms with Crippen molar-refractivity contribution in [1.29, 1.82) is 0 Å². The van der Waals surface area contributed by atoms with Crippen molar-refractivity contribution >= 4 is 17.6 Å². The lowest BCUT2D eigenvalue weighted by atomic mass is 9.98. The number of amides is 2. The molecule has 7 nitrogen and oxygen atoms in total. The molecule has 3 atom stereocenters. The first-order valence-electron chi connectivity index (χ1n) is 10.2. The van der Waals surface area contributed by atoms with Gasteiger partial charge in [0.05, 0.1) is 5.69 Å². The van der Waals surface area contributed by atoms with Gasteiger partial charge in [0.1, 0.15) is 29.3 Å². The van der Waals surface area contributed by atoms with Crippen LogP contribution in [0.5, 0.6) is 0 Å². The third-order valence-corrected chi connectivity index (χ3v) is 4.99. The first-order valence-corrected chi connectivity index (χ1v) is 10.2. The molecule has 0 radical (unpaired) electrons. The Hall–Kier alpha value is -3.66. The summed E-state index contributed by atoms with van der Waals surface area (Å²) in [7, 11) is 0. The molecule has 2 amide bonds. The molecule has 0 bridgehead atoms. The van der Waals surface area contributed by atoms with Crippen molar-refractivity contribution in [3.05, 3.63) is 82.8 Å². The Bertz CT molecular complexity index is 1130. The summed E-state index contributed by atoms with van der Waals surface area (Å²) in [4.78, 5) is 24.6. The maximum absolute atomic E-state index is 13.4. The first kappa shape index (κ1) is 24.0. The second-order valence-electron chi connectivity index (χ2n) is 7.77. The molecule has 0 spiro atoms. The maximum atomic E-state index is 13.4. The number of aromatic nitrogens is 2. The van der Waals surface area contributed by atoms with E-state index in [0.29, 0.717) is 18.2 Å². The van der Waals surface area contributed by atoms with Crippen LogP contribution in [0.25, 0.3) is 0 Å². The standard InChI is InChI=1S/C23H23F3N4O3/c1-12(6-14-4-3-5-16(24)7-14)19-11-20(30-29-19)28-22(32)13(2)27-23(33)21(31)15-8-17(25)10-18(26)9-15/h3-5,7-13,21,31H,6H2,1-2H3,(H,27,33)(H2,28,29,30,32). The smallest absolute Gasteiger partial charge is 0.254 e. The molecular weight excluding hydrogens is 437 g/mol. The number of anilines is 1. The van der Waals surface area contributed by atoms with Crippen LogP contribution in [-0.2, 0) is 16.0 Å². The van der Waals surface area contributed by atoms with Crippen molar-refractivity contribution in [3.63, 3.8) is 0 Å². The van der Waals surface area contributed by atoms with Crippen LogP contribution < -0.4 is 10.6 Å². The van der Waals surface area contributed by atoms with Crippen molar-refractivity contribution in [3.8, 4) is 0 Å². The number of hydrogen-bond donors (Lipinski definition) is 4. The minimum absolute atomic E-state index is 0.0624. The molecule has 1 aromatic heterocycles. The van der Waals surface area contributed by atoms with E-state index in [1.165, 1.54) is 19.1 Å². The number of nitrogens with zero attached hydrogens (tertiary/aromatic N) is 1.